The van der Waals surface area contributed by atoms with Crippen molar-refractivity contribution in [1.82, 2.24) is 4.31 Å². The van der Waals surface area contributed by atoms with Crippen molar-refractivity contribution in [2.24, 2.45) is 5.92 Å². The number of hydrogen-bond acceptors (Lipinski definition) is 4. The third-order valence-corrected chi connectivity index (χ3v) is 7.95. The molecule has 1 N–H and O–H groups in total. The van der Waals surface area contributed by atoms with Gasteiger partial charge in [0.25, 0.3) is 5.91 Å². The van der Waals surface area contributed by atoms with Gasteiger partial charge in [0.05, 0.1) is 4.90 Å². The Morgan fingerprint density at radius 3 is 2.28 bits per heavy atom. The summed E-state index contributed by atoms with van der Waals surface area (Å²) in [5.74, 6) is -0.355. The highest BCUT2D eigenvalue weighted by atomic mass is 32.2. The van der Waals surface area contributed by atoms with E-state index in [1.54, 1.807) is 4.90 Å². The predicted octanol–water partition coefficient (Wildman–Crippen LogP) is 3.66. The van der Waals surface area contributed by atoms with E-state index in [0.717, 1.165) is 36.9 Å². The van der Waals surface area contributed by atoms with Gasteiger partial charge in [-0.05, 0) is 67.6 Å². The quantitative estimate of drug-likeness (QED) is 0.745. The second-order valence-electron chi connectivity index (χ2n) is 8.68. The topological polar surface area (TPSA) is 86.8 Å². The monoisotopic (exact) mass is 455 g/mol. The molecule has 170 valence electrons. The minimum atomic E-state index is -3.51. The molecule has 2 heterocycles. The zero-order chi connectivity index (χ0) is 22.9. The molecular weight excluding hydrogens is 426 g/mol. The fourth-order valence-electron chi connectivity index (χ4n) is 4.25. The molecule has 32 heavy (non-hydrogen) atoms. The number of anilines is 2. The van der Waals surface area contributed by atoms with Gasteiger partial charge in [0.2, 0.25) is 15.9 Å². The smallest absolute Gasteiger partial charge is 0.255 e. The molecule has 2 aromatic rings. The van der Waals surface area contributed by atoms with E-state index < -0.39 is 10.0 Å². The summed E-state index contributed by atoms with van der Waals surface area (Å²) in [5, 5.41) is 2.87. The summed E-state index contributed by atoms with van der Waals surface area (Å²) in [6.45, 7) is 5.53. The van der Waals surface area contributed by atoms with Crippen LogP contribution in [0.2, 0.25) is 0 Å². The van der Waals surface area contributed by atoms with Crippen LogP contribution in [-0.4, -0.2) is 44.2 Å². The van der Waals surface area contributed by atoms with Gasteiger partial charge in [0, 0.05) is 42.5 Å². The SMILES string of the molecule is CC(C)C(=O)N1CCCc2ccc(NC(=O)c3ccc(S(=O)(=O)N4CCCC4)cc3)cc21. The summed E-state index contributed by atoms with van der Waals surface area (Å²) in [5.41, 5.74) is 2.92. The van der Waals surface area contributed by atoms with Crippen LogP contribution in [0.15, 0.2) is 47.4 Å². The Labute approximate surface area is 189 Å². The summed E-state index contributed by atoms with van der Waals surface area (Å²) in [4.78, 5) is 27.4. The zero-order valence-electron chi connectivity index (χ0n) is 18.5. The second kappa shape index (κ2) is 9.03. The number of aryl methyl sites for hydroxylation is 1. The minimum absolute atomic E-state index is 0.0734. The maximum Gasteiger partial charge on any atom is 0.255 e. The first-order chi connectivity index (χ1) is 15.3. The van der Waals surface area contributed by atoms with Crippen LogP contribution < -0.4 is 10.2 Å². The van der Waals surface area contributed by atoms with E-state index in [-0.39, 0.29) is 22.6 Å². The molecule has 1 fully saturated rings. The largest absolute Gasteiger partial charge is 0.322 e. The van der Waals surface area contributed by atoms with E-state index >= 15 is 0 Å². The van der Waals surface area contributed by atoms with Crippen LogP contribution in [0.5, 0.6) is 0 Å². The lowest BCUT2D eigenvalue weighted by atomic mass is 9.99. The standard InChI is InChI=1S/C24H29N3O4S/c1-17(2)24(29)27-15-5-6-18-7-10-20(16-22(18)27)25-23(28)19-8-11-21(12-9-19)32(30,31)26-13-3-4-14-26/h7-12,16-17H,3-6,13-15H2,1-2H3,(H,25,28). The molecule has 0 unspecified atom stereocenters. The Bertz CT molecular complexity index is 1120. The highest BCUT2D eigenvalue weighted by molar-refractivity contribution is 7.89. The van der Waals surface area contributed by atoms with Gasteiger partial charge in [-0.1, -0.05) is 19.9 Å². The molecule has 0 aromatic heterocycles. The van der Waals surface area contributed by atoms with Crippen LogP contribution >= 0.6 is 0 Å². The molecule has 0 spiro atoms. The highest BCUT2D eigenvalue weighted by Crippen LogP contribution is 2.31. The number of nitrogens with zero attached hydrogens (tertiary/aromatic N) is 2. The van der Waals surface area contributed by atoms with Crippen molar-refractivity contribution in [3.63, 3.8) is 0 Å². The van der Waals surface area contributed by atoms with E-state index in [9.17, 15) is 18.0 Å². The lowest BCUT2D eigenvalue weighted by molar-refractivity contribution is -0.121. The Balaban J connectivity index is 1.51. The molecule has 1 saturated heterocycles. The Kier molecular flexibility index (Phi) is 6.35. The lowest BCUT2D eigenvalue weighted by Gasteiger charge is -2.31. The van der Waals surface area contributed by atoms with Gasteiger partial charge in [-0.25, -0.2) is 8.42 Å². The van der Waals surface area contributed by atoms with Crippen molar-refractivity contribution < 1.29 is 18.0 Å². The third-order valence-electron chi connectivity index (χ3n) is 6.04. The molecular formula is C24H29N3O4S. The van der Waals surface area contributed by atoms with Gasteiger partial charge < -0.3 is 10.2 Å². The molecule has 7 nitrogen and oxygen atoms in total. The number of sulfonamides is 1. The number of benzene rings is 2. The normalized spacial score (nSPS) is 16.8. The van der Waals surface area contributed by atoms with Crippen LogP contribution in [0.4, 0.5) is 11.4 Å². The summed E-state index contributed by atoms with van der Waals surface area (Å²) in [6.07, 6.45) is 3.57. The van der Waals surface area contributed by atoms with Crippen molar-refractivity contribution in [3.05, 3.63) is 53.6 Å². The molecule has 0 aliphatic carbocycles. The highest BCUT2D eigenvalue weighted by Gasteiger charge is 2.27. The van der Waals surface area contributed by atoms with Gasteiger partial charge in [-0.2, -0.15) is 4.31 Å². The van der Waals surface area contributed by atoms with Gasteiger partial charge in [-0.3, -0.25) is 9.59 Å². The van der Waals surface area contributed by atoms with Gasteiger partial charge >= 0.3 is 0 Å². The predicted molar refractivity (Wildman–Crippen MR) is 124 cm³/mol. The Hall–Kier alpha value is -2.71. The number of nitrogens with one attached hydrogen (secondary N) is 1. The van der Waals surface area contributed by atoms with E-state index in [4.69, 9.17) is 0 Å². The summed E-state index contributed by atoms with van der Waals surface area (Å²) >= 11 is 0. The third kappa shape index (κ3) is 4.42. The molecule has 0 saturated carbocycles. The fraction of sp³-hybridized carbons (Fsp3) is 0.417. The van der Waals surface area contributed by atoms with Crippen molar-refractivity contribution in [1.29, 1.82) is 0 Å². The number of carbonyl (C=O) groups excluding carboxylic acids is 2. The molecule has 2 aromatic carbocycles. The van der Waals surface area contributed by atoms with Gasteiger partial charge in [0.1, 0.15) is 0 Å². The van der Waals surface area contributed by atoms with E-state index in [1.807, 2.05) is 32.0 Å². The minimum Gasteiger partial charge on any atom is -0.322 e. The number of fused-ring (bicyclic) bond motifs is 1. The van der Waals surface area contributed by atoms with Gasteiger partial charge in [-0.15, -0.1) is 0 Å². The van der Waals surface area contributed by atoms with Gasteiger partial charge in [0.15, 0.2) is 0 Å². The molecule has 2 aliphatic heterocycles. The van der Waals surface area contributed by atoms with Crippen molar-refractivity contribution in [2.45, 2.75) is 44.4 Å². The van der Waals surface area contributed by atoms with Crippen LogP contribution in [0.1, 0.15) is 49.0 Å². The maximum atomic E-state index is 12.8. The fourth-order valence-corrected chi connectivity index (χ4v) is 5.77. The molecule has 0 atom stereocenters. The average molecular weight is 456 g/mol. The summed E-state index contributed by atoms with van der Waals surface area (Å²) < 4.78 is 26.8. The molecule has 8 heteroatoms. The summed E-state index contributed by atoms with van der Waals surface area (Å²) in [6, 6.07) is 11.7. The Morgan fingerprint density at radius 1 is 0.938 bits per heavy atom. The molecule has 2 amide bonds. The van der Waals surface area contributed by atoms with Crippen molar-refractivity contribution in [3.8, 4) is 0 Å². The number of carbonyl (C=O) groups is 2. The number of hydrogen-bond donors (Lipinski definition) is 1. The Morgan fingerprint density at radius 2 is 1.62 bits per heavy atom. The second-order valence-corrected chi connectivity index (χ2v) is 10.6. The first-order valence-electron chi connectivity index (χ1n) is 11.1. The van der Waals surface area contributed by atoms with Crippen molar-refractivity contribution >= 4 is 33.2 Å². The summed E-state index contributed by atoms with van der Waals surface area (Å²) in [7, 11) is -3.51. The van der Waals surface area contributed by atoms with Crippen molar-refractivity contribution in [2.75, 3.05) is 29.9 Å². The van der Waals surface area contributed by atoms with Crippen LogP contribution in [0.3, 0.4) is 0 Å². The molecule has 0 radical (unpaired) electrons. The van der Waals surface area contributed by atoms with E-state index in [2.05, 4.69) is 5.32 Å². The average Bonchev–Trinajstić information content (AvgIpc) is 3.34. The number of rotatable bonds is 5. The zero-order valence-corrected chi connectivity index (χ0v) is 19.3. The van der Waals surface area contributed by atoms with Crippen LogP contribution in [-0.2, 0) is 21.2 Å². The van der Waals surface area contributed by atoms with E-state index in [1.165, 1.54) is 28.6 Å². The first kappa shape index (κ1) is 22.5. The molecule has 4 rings (SSSR count). The number of amides is 2. The van der Waals surface area contributed by atoms with Crippen LogP contribution in [0, 0.1) is 5.92 Å². The van der Waals surface area contributed by atoms with E-state index in [0.29, 0.717) is 30.9 Å². The molecule has 0 bridgehead atoms. The first-order valence-corrected chi connectivity index (χ1v) is 12.6. The lowest BCUT2D eigenvalue weighted by Crippen LogP contribution is -2.38. The van der Waals surface area contributed by atoms with Crippen LogP contribution in [0.25, 0.3) is 0 Å². The maximum absolute atomic E-state index is 12.8. The molecule has 2 aliphatic rings.